The van der Waals surface area contributed by atoms with E-state index in [1.165, 1.54) is 32.1 Å². The van der Waals surface area contributed by atoms with Crippen LogP contribution < -0.4 is 5.32 Å². The highest BCUT2D eigenvalue weighted by atomic mass is 16.4. The van der Waals surface area contributed by atoms with Gasteiger partial charge in [-0.3, -0.25) is 0 Å². The molecule has 0 bridgehead atoms. The fraction of sp³-hybridized carbons (Fsp3) is 0.750. The first-order valence-corrected chi connectivity index (χ1v) is 5.83. The van der Waals surface area contributed by atoms with Crippen LogP contribution in [0, 0.1) is 0 Å². The third-order valence-corrected chi connectivity index (χ3v) is 2.97. The van der Waals surface area contributed by atoms with E-state index in [4.69, 9.17) is 5.11 Å². The maximum Gasteiger partial charge on any atom is 0.330 e. The molecule has 1 fully saturated rings. The molecule has 0 saturated heterocycles. The van der Waals surface area contributed by atoms with Gasteiger partial charge in [-0.15, -0.1) is 0 Å². The molecule has 3 heteroatoms. The van der Waals surface area contributed by atoms with Crippen molar-refractivity contribution in [3.8, 4) is 0 Å². The molecule has 1 aliphatic carbocycles. The Balaban J connectivity index is 2.10. The predicted molar refractivity (Wildman–Crippen MR) is 60.9 cm³/mol. The Morgan fingerprint density at radius 3 is 2.67 bits per heavy atom. The van der Waals surface area contributed by atoms with Gasteiger partial charge in [-0.05, 0) is 32.7 Å². The Morgan fingerprint density at radius 1 is 1.40 bits per heavy atom. The van der Waals surface area contributed by atoms with Crippen LogP contribution in [0.2, 0.25) is 0 Å². The van der Waals surface area contributed by atoms with Crippen molar-refractivity contribution in [2.75, 3.05) is 6.54 Å². The molecule has 0 aromatic carbocycles. The van der Waals surface area contributed by atoms with E-state index >= 15 is 0 Å². The van der Waals surface area contributed by atoms with Crippen LogP contribution >= 0.6 is 0 Å². The smallest absolute Gasteiger partial charge is 0.330 e. The van der Waals surface area contributed by atoms with Crippen molar-refractivity contribution >= 4 is 5.97 Å². The SMILES string of the molecule is CC(=CCCNC1CCCCC1)C(=O)O. The Labute approximate surface area is 91.6 Å². The van der Waals surface area contributed by atoms with E-state index in [2.05, 4.69) is 5.32 Å². The van der Waals surface area contributed by atoms with E-state index in [9.17, 15) is 4.79 Å². The Kier molecular flexibility index (Phi) is 5.40. The van der Waals surface area contributed by atoms with E-state index in [0.717, 1.165) is 13.0 Å². The molecular formula is C12H21NO2. The van der Waals surface area contributed by atoms with E-state index in [-0.39, 0.29) is 0 Å². The average molecular weight is 211 g/mol. The number of carboxylic acid groups (broad SMARTS) is 1. The lowest BCUT2D eigenvalue weighted by molar-refractivity contribution is -0.132. The zero-order valence-electron chi connectivity index (χ0n) is 9.46. The molecule has 0 heterocycles. The molecule has 1 rings (SSSR count). The summed E-state index contributed by atoms with van der Waals surface area (Å²) in [6.07, 6.45) is 9.20. The predicted octanol–water partition coefficient (Wildman–Crippen LogP) is 2.33. The second-order valence-corrected chi connectivity index (χ2v) is 4.27. The van der Waals surface area contributed by atoms with Gasteiger partial charge in [0.15, 0.2) is 0 Å². The van der Waals surface area contributed by atoms with Crippen molar-refractivity contribution in [2.45, 2.75) is 51.5 Å². The van der Waals surface area contributed by atoms with Crippen molar-refractivity contribution in [3.05, 3.63) is 11.6 Å². The molecule has 2 N–H and O–H groups in total. The maximum absolute atomic E-state index is 10.5. The van der Waals surface area contributed by atoms with Crippen LogP contribution in [0.3, 0.4) is 0 Å². The molecule has 86 valence electrons. The largest absolute Gasteiger partial charge is 0.478 e. The standard InChI is InChI=1S/C12H21NO2/c1-10(12(14)15)6-5-9-13-11-7-3-2-4-8-11/h6,11,13H,2-5,7-9H2,1H3,(H,14,15). The van der Waals surface area contributed by atoms with Crippen LogP contribution in [0.25, 0.3) is 0 Å². The number of carboxylic acids is 1. The minimum absolute atomic E-state index is 0.445. The summed E-state index contributed by atoms with van der Waals surface area (Å²) in [5, 5.41) is 12.1. The van der Waals surface area contributed by atoms with Gasteiger partial charge in [0.1, 0.15) is 0 Å². The van der Waals surface area contributed by atoms with Gasteiger partial charge in [-0.25, -0.2) is 4.79 Å². The summed E-state index contributed by atoms with van der Waals surface area (Å²) < 4.78 is 0. The molecule has 0 amide bonds. The topological polar surface area (TPSA) is 49.3 Å². The third-order valence-electron chi connectivity index (χ3n) is 2.97. The van der Waals surface area contributed by atoms with E-state index in [0.29, 0.717) is 11.6 Å². The first-order valence-electron chi connectivity index (χ1n) is 5.83. The zero-order chi connectivity index (χ0) is 11.1. The average Bonchev–Trinajstić information content (AvgIpc) is 2.25. The molecule has 0 spiro atoms. The summed E-state index contributed by atoms with van der Waals surface area (Å²) in [7, 11) is 0. The Hall–Kier alpha value is -0.830. The minimum Gasteiger partial charge on any atom is -0.478 e. The molecule has 0 atom stereocenters. The summed E-state index contributed by atoms with van der Waals surface area (Å²) in [5.41, 5.74) is 0.445. The van der Waals surface area contributed by atoms with Crippen LogP contribution in [0.1, 0.15) is 45.4 Å². The van der Waals surface area contributed by atoms with Crippen LogP contribution in [0.5, 0.6) is 0 Å². The molecular weight excluding hydrogens is 190 g/mol. The van der Waals surface area contributed by atoms with E-state index < -0.39 is 5.97 Å². The normalized spacial score (nSPS) is 19.1. The number of hydrogen-bond donors (Lipinski definition) is 2. The van der Waals surface area contributed by atoms with Gasteiger partial charge < -0.3 is 10.4 Å². The van der Waals surface area contributed by atoms with Crippen molar-refractivity contribution in [1.29, 1.82) is 0 Å². The Morgan fingerprint density at radius 2 is 2.07 bits per heavy atom. The van der Waals surface area contributed by atoms with Crippen LogP contribution in [0.4, 0.5) is 0 Å². The first kappa shape index (κ1) is 12.2. The first-order chi connectivity index (χ1) is 7.20. The van der Waals surface area contributed by atoms with E-state index in [1.807, 2.05) is 0 Å². The van der Waals surface area contributed by atoms with Crippen molar-refractivity contribution in [3.63, 3.8) is 0 Å². The summed E-state index contributed by atoms with van der Waals surface area (Å²) >= 11 is 0. The number of carbonyl (C=O) groups is 1. The number of hydrogen-bond acceptors (Lipinski definition) is 2. The Bertz CT molecular complexity index is 230. The maximum atomic E-state index is 10.5. The van der Waals surface area contributed by atoms with Gasteiger partial charge in [0.05, 0.1) is 0 Å². The highest BCUT2D eigenvalue weighted by Crippen LogP contribution is 2.17. The van der Waals surface area contributed by atoms with E-state index in [1.54, 1.807) is 13.0 Å². The van der Waals surface area contributed by atoms with Crippen LogP contribution in [-0.4, -0.2) is 23.7 Å². The summed E-state index contributed by atoms with van der Waals surface area (Å²) in [5.74, 6) is -0.812. The minimum atomic E-state index is -0.812. The molecule has 15 heavy (non-hydrogen) atoms. The van der Waals surface area contributed by atoms with Gasteiger partial charge in [0.25, 0.3) is 0 Å². The highest BCUT2D eigenvalue weighted by molar-refractivity contribution is 5.85. The number of nitrogens with one attached hydrogen (secondary N) is 1. The molecule has 0 aromatic heterocycles. The number of aliphatic carboxylic acids is 1. The second-order valence-electron chi connectivity index (χ2n) is 4.27. The quantitative estimate of drug-likeness (QED) is 0.542. The van der Waals surface area contributed by atoms with Gasteiger partial charge in [0, 0.05) is 11.6 Å². The fourth-order valence-corrected chi connectivity index (χ4v) is 1.97. The molecule has 0 radical (unpaired) electrons. The molecule has 3 nitrogen and oxygen atoms in total. The summed E-state index contributed by atoms with van der Waals surface area (Å²) in [4.78, 5) is 10.5. The van der Waals surface area contributed by atoms with Gasteiger partial charge in [0.2, 0.25) is 0 Å². The molecule has 1 saturated carbocycles. The highest BCUT2D eigenvalue weighted by Gasteiger charge is 2.11. The van der Waals surface area contributed by atoms with Gasteiger partial charge in [-0.1, -0.05) is 25.3 Å². The fourth-order valence-electron chi connectivity index (χ4n) is 1.97. The lowest BCUT2D eigenvalue weighted by atomic mass is 9.95. The van der Waals surface area contributed by atoms with Gasteiger partial charge >= 0.3 is 5.97 Å². The zero-order valence-corrected chi connectivity index (χ0v) is 9.46. The lowest BCUT2D eigenvalue weighted by Gasteiger charge is -2.22. The molecule has 1 aliphatic rings. The lowest BCUT2D eigenvalue weighted by Crippen LogP contribution is -2.31. The molecule has 0 aliphatic heterocycles. The second kappa shape index (κ2) is 6.62. The van der Waals surface area contributed by atoms with Gasteiger partial charge in [-0.2, -0.15) is 0 Å². The van der Waals surface area contributed by atoms with Crippen molar-refractivity contribution < 1.29 is 9.90 Å². The molecule has 0 unspecified atom stereocenters. The monoisotopic (exact) mass is 211 g/mol. The number of rotatable bonds is 5. The summed E-state index contributed by atoms with van der Waals surface area (Å²) in [6.45, 7) is 2.54. The van der Waals surface area contributed by atoms with Crippen molar-refractivity contribution in [1.82, 2.24) is 5.32 Å². The van der Waals surface area contributed by atoms with Crippen LogP contribution in [0.15, 0.2) is 11.6 Å². The van der Waals surface area contributed by atoms with Crippen molar-refractivity contribution in [2.24, 2.45) is 0 Å². The third kappa shape index (κ3) is 4.98. The molecule has 0 aromatic rings. The van der Waals surface area contributed by atoms with Crippen LogP contribution in [-0.2, 0) is 4.79 Å². The summed E-state index contributed by atoms with van der Waals surface area (Å²) in [6, 6.07) is 0.664.